The second-order valence-electron chi connectivity index (χ2n) is 8.49. The van der Waals surface area contributed by atoms with Gasteiger partial charge in [0.1, 0.15) is 0 Å². The molecule has 2 atom stereocenters. The molecule has 2 aliphatic rings. The molecule has 1 aliphatic heterocycles. The highest BCUT2D eigenvalue weighted by molar-refractivity contribution is 14.0. The number of aliphatic imine (C=N–C) groups is 1. The van der Waals surface area contributed by atoms with Gasteiger partial charge in [0.15, 0.2) is 5.96 Å². The van der Waals surface area contributed by atoms with Crippen LogP contribution >= 0.6 is 24.0 Å². The van der Waals surface area contributed by atoms with E-state index in [2.05, 4.69) is 63.1 Å². The largest absolute Gasteiger partial charge is 0.356 e. The van der Waals surface area contributed by atoms with Crippen molar-refractivity contribution in [3.05, 3.63) is 35.9 Å². The van der Waals surface area contributed by atoms with Crippen molar-refractivity contribution in [2.24, 2.45) is 4.99 Å². The van der Waals surface area contributed by atoms with E-state index < -0.39 is 0 Å². The Morgan fingerprint density at radius 3 is 2.53 bits per heavy atom. The number of nitrogens with one attached hydrogen (secondary N) is 3. The van der Waals surface area contributed by atoms with Crippen LogP contribution in [-0.2, 0) is 11.3 Å². The maximum absolute atomic E-state index is 12.2. The fourth-order valence-electron chi connectivity index (χ4n) is 4.47. The molecule has 1 heterocycles. The number of benzene rings is 1. The summed E-state index contributed by atoms with van der Waals surface area (Å²) >= 11 is 0. The van der Waals surface area contributed by atoms with Crippen LogP contribution in [0.3, 0.4) is 0 Å². The molecule has 1 aliphatic carbocycles. The van der Waals surface area contributed by atoms with E-state index >= 15 is 0 Å². The van der Waals surface area contributed by atoms with Crippen molar-refractivity contribution in [3.8, 4) is 0 Å². The summed E-state index contributed by atoms with van der Waals surface area (Å²) in [6, 6.07) is 11.9. The van der Waals surface area contributed by atoms with Crippen molar-refractivity contribution in [2.45, 2.75) is 76.5 Å². The second kappa shape index (κ2) is 13.1. The van der Waals surface area contributed by atoms with Crippen LogP contribution < -0.4 is 16.0 Å². The van der Waals surface area contributed by atoms with Crippen LogP contribution in [0.15, 0.2) is 35.3 Å². The van der Waals surface area contributed by atoms with Gasteiger partial charge < -0.3 is 16.0 Å². The highest BCUT2D eigenvalue weighted by Gasteiger charge is 2.29. The molecule has 1 saturated heterocycles. The molecule has 1 aromatic rings. The molecule has 2 fully saturated rings. The quantitative estimate of drug-likeness (QED) is 0.289. The normalized spacial score (nSPS) is 22.9. The average molecular weight is 527 g/mol. The molecule has 3 N–H and O–H groups in total. The molecular formula is C23H38IN5O. The van der Waals surface area contributed by atoms with Crippen LogP contribution in [-0.4, -0.2) is 55.0 Å². The lowest BCUT2D eigenvalue weighted by Crippen LogP contribution is -2.45. The minimum atomic E-state index is 0. The Bertz CT molecular complexity index is 663. The van der Waals surface area contributed by atoms with Crippen molar-refractivity contribution < 1.29 is 4.79 Å². The third-order valence-corrected chi connectivity index (χ3v) is 6.11. The number of likely N-dealkylation sites (tertiary alicyclic amines) is 1. The van der Waals surface area contributed by atoms with Gasteiger partial charge in [-0.05, 0) is 31.7 Å². The van der Waals surface area contributed by atoms with Crippen molar-refractivity contribution in [1.29, 1.82) is 0 Å². The van der Waals surface area contributed by atoms with Crippen molar-refractivity contribution in [1.82, 2.24) is 20.9 Å². The van der Waals surface area contributed by atoms with Crippen molar-refractivity contribution in [3.63, 3.8) is 0 Å². The van der Waals surface area contributed by atoms with Gasteiger partial charge >= 0.3 is 0 Å². The van der Waals surface area contributed by atoms with Crippen LogP contribution in [0.2, 0.25) is 0 Å². The van der Waals surface area contributed by atoms with Gasteiger partial charge in [0, 0.05) is 51.2 Å². The summed E-state index contributed by atoms with van der Waals surface area (Å²) in [5.41, 5.74) is 1.35. The summed E-state index contributed by atoms with van der Waals surface area (Å²) in [6.45, 7) is 4.87. The Morgan fingerprint density at radius 1 is 1.10 bits per heavy atom. The number of halogens is 1. The maximum atomic E-state index is 12.2. The van der Waals surface area contributed by atoms with Gasteiger partial charge in [0.25, 0.3) is 0 Å². The van der Waals surface area contributed by atoms with E-state index in [0.29, 0.717) is 31.1 Å². The first-order chi connectivity index (χ1) is 14.1. The molecular weight excluding hydrogens is 489 g/mol. The smallest absolute Gasteiger partial charge is 0.221 e. The Labute approximate surface area is 198 Å². The van der Waals surface area contributed by atoms with Gasteiger partial charge in [-0.25, -0.2) is 0 Å². The summed E-state index contributed by atoms with van der Waals surface area (Å²) in [6.07, 6.45) is 7.61. The molecule has 7 heteroatoms. The maximum Gasteiger partial charge on any atom is 0.221 e. The molecule has 1 amide bonds. The summed E-state index contributed by atoms with van der Waals surface area (Å²) in [5.74, 6) is 0.928. The Balaban J connectivity index is 0.00000320. The lowest BCUT2D eigenvalue weighted by Gasteiger charge is -2.23. The Hall–Kier alpha value is -1.35. The van der Waals surface area contributed by atoms with Crippen LogP contribution in [0.5, 0.6) is 0 Å². The summed E-state index contributed by atoms with van der Waals surface area (Å²) in [4.78, 5) is 19.0. The van der Waals surface area contributed by atoms with E-state index in [1.54, 1.807) is 7.05 Å². The second-order valence-corrected chi connectivity index (χ2v) is 8.49. The highest BCUT2D eigenvalue weighted by atomic mass is 127. The van der Waals surface area contributed by atoms with E-state index in [9.17, 15) is 4.79 Å². The topological polar surface area (TPSA) is 68.8 Å². The van der Waals surface area contributed by atoms with Gasteiger partial charge in [-0.3, -0.25) is 14.7 Å². The van der Waals surface area contributed by atoms with Crippen LogP contribution in [0.25, 0.3) is 0 Å². The SMILES string of the molecule is CN=C(NCCC(=O)NC1CCCCC1)NC1CC(C)N(Cc2ccccc2)C1.I. The molecule has 1 aromatic carbocycles. The number of amides is 1. The zero-order valence-corrected chi connectivity index (χ0v) is 20.7. The molecule has 3 rings (SSSR count). The molecule has 0 aromatic heterocycles. The standard InChI is InChI=1S/C23H37N5O.HI/c1-18-15-21(17-28(18)16-19-9-5-3-6-10-19)27-23(24-2)25-14-13-22(29)26-20-11-7-4-8-12-20;/h3,5-6,9-10,18,20-21H,4,7-8,11-17H2,1-2H3,(H,26,29)(H2,24,25,27);1H. The Morgan fingerprint density at radius 2 is 1.83 bits per heavy atom. The number of guanidine groups is 1. The fourth-order valence-corrected chi connectivity index (χ4v) is 4.47. The van der Waals surface area contributed by atoms with Crippen LogP contribution in [0, 0.1) is 0 Å². The predicted molar refractivity (Wildman–Crippen MR) is 134 cm³/mol. The first-order valence-electron chi connectivity index (χ1n) is 11.2. The summed E-state index contributed by atoms with van der Waals surface area (Å²) < 4.78 is 0. The monoisotopic (exact) mass is 527 g/mol. The molecule has 6 nitrogen and oxygen atoms in total. The number of rotatable bonds is 7. The van der Waals surface area contributed by atoms with Gasteiger partial charge in [-0.15, -0.1) is 24.0 Å². The highest BCUT2D eigenvalue weighted by Crippen LogP contribution is 2.20. The minimum absolute atomic E-state index is 0. The summed E-state index contributed by atoms with van der Waals surface area (Å²) in [7, 11) is 1.79. The molecule has 30 heavy (non-hydrogen) atoms. The van der Waals surface area contributed by atoms with E-state index in [4.69, 9.17) is 0 Å². The molecule has 0 spiro atoms. The van der Waals surface area contributed by atoms with Gasteiger partial charge in [0.2, 0.25) is 5.91 Å². The van der Waals surface area contributed by atoms with E-state index in [1.807, 2.05) is 0 Å². The number of hydrogen-bond acceptors (Lipinski definition) is 3. The van der Waals surface area contributed by atoms with Crippen LogP contribution in [0.4, 0.5) is 0 Å². The first kappa shape index (κ1) is 24.9. The number of hydrogen-bond donors (Lipinski definition) is 3. The summed E-state index contributed by atoms with van der Waals surface area (Å²) in [5, 5.41) is 10.0. The minimum Gasteiger partial charge on any atom is -0.356 e. The van der Waals surface area contributed by atoms with Crippen molar-refractivity contribution in [2.75, 3.05) is 20.1 Å². The molecule has 1 saturated carbocycles. The molecule has 0 radical (unpaired) electrons. The zero-order valence-electron chi connectivity index (χ0n) is 18.4. The molecule has 168 valence electrons. The number of nitrogens with zero attached hydrogens (tertiary/aromatic N) is 2. The third kappa shape index (κ3) is 8.06. The Kier molecular flexibility index (Phi) is 10.9. The fraction of sp³-hybridized carbons (Fsp3) is 0.652. The predicted octanol–water partition coefficient (Wildman–Crippen LogP) is 3.27. The number of carbonyl (C=O) groups is 1. The van der Waals surface area contributed by atoms with Crippen LogP contribution in [0.1, 0.15) is 57.4 Å². The zero-order chi connectivity index (χ0) is 20.5. The van der Waals surface area contributed by atoms with E-state index in [1.165, 1.54) is 24.8 Å². The lowest BCUT2D eigenvalue weighted by atomic mass is 9.95. The molecule has 0 bridgehead atoms. The average Bonchev–Trinajstić information content (AvgIpc) is 3.07. The first-order valence-corrected chi connectivity index (χ1v) is 11.2. The van der Waals surface area contributed by atoms with Crippen molar-refractivity contribution >= 4 is 35.8 Å². The van der Waals surface area contributed by atoms with Gasteiger partial charge in [-0.2, -0.15) is 0 Å². The van der Waals surface area contributed by atoms with E-state index in [0.717, 1.165) is 38.3 Å². The third-order valence-electron chi connectivity index (χ3n) is 6.11. The van der Waals surface area contributed by atoms with Gasteiger partial charge in [0.05, 0.1) is 0 Å². The molecule has 2 unspecified atom stereocenters. The van der Waals surface area contributed by atoms with E-state index in [-0.39, 0.29) is 29.9 Å². The van der Waals surface area contributed by atoms with Gasteiger partial charge in [-0.1, -0.05) is 49.6 Å². The lowest BCUT2D eigenvalue weighted by molar-refractivity contribution is -0.121. The number of carbonyl (C=O) groups excluding carboxylic acids is 1.